The van der Waals surface area contributed by atoms with Crippen LogP contribution < -0.4 is 0 Å². The van der Waals surface area contributed by atoms with E-state index >= 15 is 0 Å². The number of carbonyl (C=O) groups is 2. The minimum Gasteiger partial charge on any atom is -0.444 e. The molecule has 122 valence electrons. The van der Waals surface area contributed by atoms with Crippen molar-refractivity contribution >= 4 is 11.9 Å². The van der Waals surface area contributed by atoms with Crippen LogP contribution in [-0.2, 0) is 9.53 Å². The molecule has 0 radical (unpaired) electrons. The number of ether oxygens (including phenoxy) is 1. The lowest BCUT2D eigenvalue weighted by Crippen LogP contribution is -2.50. The van der Waals surface area contributed by atoms with Crippen molar-refractivity contribution in [1.29, 1.82) is 0 Å². The molecule has 1 heterocycles. The molecular weight excluding hydrogens is 290 g/mol. The molecule has 4 heteroatoms. The fourth-order valence-corrected chi connectivity index (χ4v) is 3.43. The largest absolute Gasteiger partial charge is 0.444 e. The molecule has 1 amide bonds. The number of allylic oxidation sites excluding steroid dienone is 1. The van der Waals surface area contributed by atoms with Crippen LogP contribution in [0.3, 0.4) is 0 Å². The zero-order valence-electron chi connectivity index (χ0n) is 13.9. The number of amides is 1. The molecule has 2 aliphatic rings. The summed E-state index contributed by atoms with van der Waals surface area (Å²) in [5.74, 6) is 0.288. The molecule has 0 saturated carbocycles. The van der Waals surface area contributed by atoms with Crippen LogP contribution >= 0.6 is 0 Å². The summed E-state index contributed by atoms with van der Waals surface area (Å²) >= 11 is 0. The predicted molar refractivity (Wildman–Crippen MR) is 88.2 cm³/mol. The van der Waals surface area contributed by atoms with Gasteiger partial charge in [0, 0.05) is 24.5 Å². The van der Waals surface area contributed by atoms with Gasteiger partial charge >= 0.3 is 6.09 Å². The number of likely N-dealkylation sites (tertiary alicyclic amines) is 1. The van der Waals surface area contributed by atoms with Gasteiger partial charge < -0.3 is 4.74 Å². The van der Waals surface area contributed by atoms with Crippen molar-refractivity contribution in [3.05, 3.63) is 47.5 Å². The second-order valence-corrected chi connectivity index (χ2v) is 7.20. The fourth-order valence-electron chi connectivity index (χ4n) is 3.43. The van der Waals surface area contributed by atoms with Crippen LogP contribution in [0.2, 0.25) is 0 Å². The molecule has 0 unspecified atom stereocenters. The van der Waals surface area contributed by atoms with Gasteiger partial charge in [0.15, 0.2) is 5.78 Å². The second-order valence-electron chi connectivity index (χ2n) is 7.20. The van der Waals surface area contributed by atoms with Crippen LogP contribution in [0, 0.1) is 0 Å². The van der Waals surface area contributed by atoms with Gasteiger partial charge in [-0.2, -0.15) is 0 Å². The maximum absolute atomic E-state index is 12.6. The Balaban J connectivity index is 1.90. The summed E-state index contributed by atoms with van der Waals surface area (Å²) in [5, 5.41) is 0. The molecule has 1 saturated heterocycles. The summed E-state index contributed by atoms with van der Waals surface area (Å²) in [6.07, 6.45) is 2.84. The Hall–Kier alpha value is -2.10. The number of piperidine rings is 1. The maximum Gasteiger partial charge on any atom is 0.410 e. The topological polar surface area (TPSA) is 46.6 Å². The summed E-state index contributed by atoms with van der Waals surface area (Å²) in [5.41, 5.74) is 1.39. The van der Waals surface area contributed by atoms with E-state index in [0.717, 1.165) is 17.6 Å². The van der Waals surface area contributed by atoms with Gasteiger partial charge in [-0.15, -0.1) is 0 Å². The van der Waals surface area contributed by atoms with Crippen molar-refractivity contribution in [3.63, 3.8) is 0 Å². The molecule has 1 aromatic carbocycles. The highest BCUT2D eigenvalue weighted by atomic mass is 16.6. The molecule has 0 N–H and O–H groups in total. The third kappa shape index (κ3) is 3.16. The van der Waals surface area contributed by atoms with E-state index < -0.39 is 5.60 Å². The van der Waals surface area contributed by atoms with Gasteiger partial charge in [-0.3, -0.25) is 9.69 Å². The Morgan fingerprint density at radius 3 is 2.57 bits per heavy atom. The minimum atomic E-state index is -0.538. The number of Topliss-reactive ketones (excluding diaryl/α,β-unsaturated/α-hetero) is 1. The molecule has 3 rings (SSSR count). The zero-order chi connectivity index (χ0) is 16.6. The van der Waals surface area contributed by atoms with Gasteiger partial charge in [-0.1, -0.05) is 36.4 Å². The number of ketones is 1. The average Bonchev–Trinajstić information content (AvgIpc) is 2.92. The van der Waals surface area contributed by atoms with Crippen LogP contribution in [0.15, 0.2) is 42.0 Å². The molecular formula is C19H23NO3. The first-order chi connectivity index (χ1) is 10.9. The standard InChI is InChI=1S/C19H23NO3/c1-19(2,3)23-18(22)20-12-11-16(21)15-10-9-14(17(15)20)13-7-5-4-6-8-13/h4-8,10,14,17H,9,11-12H2,1-3H3/t14-,17+/m1/s1. The zero-order valence-corrected chi connectivity index (χ0v) is 13.9. The Bertz CT molecular complexity index is 642. The first kappa shape index (κ1) is 15.8. The number of carbonyl (C=O) groups excluding carboxylic acids is 2. The van der Waals surface area contributed by atoms with Crippen molar-refractivity contribution in [2.45, 2.75) is 51.2 Å². The number of nitrogens with zero attached hydrogens (tertiary/aromatic N) is 1. The summed E-state index contributed by atoms with van der Waals surface area (Å²) < 4.78 is 5.55. The van der Waals surface area contributed by atoms with Crippen LogP contribution in [0.4, 0.5) is 4.79 Å². The van der Waals surface area contributed by atoms with Crippen LogP contribution in [0.1, 0.15) is 45.1 Å². The monoisotopic (exact) mass is 313 g/mol. The smallest absolute Gasteiger partial charge is 0.410 e. The van der Waals surface area contributed by atoms with Gasteiger partial charge in [-0.05, 0) is 32.8 Å². The van der Waals surface area contributed by atoms with E-state index in [0.29, 0.717) is 13.0 Å². The average molecular weight is 313 g/mol. The molecule has 1 aromatic rings. The van der Waals surface area contributed by atoms with Gasteiger partial charge in [0.25, 0.3) is 0 Å². The van der Waals surface area contributed by atoms with Crippen LogP contribution in [0.25, 0.3) is 0 Å². The molecule has 4 nitrogen and oxygen atoms in total. The molecule has 0 bridgehead atoms. The SMILES string of the molecule is CC(C)(C)OC(=O)N1CCC(=O)C2=CC[C@H](c3ccccc3)[C@@H]21. The highest BCUT2D eigenvalue weighted by molar-refractivity contribution is 5.99. The molecule has 2 atom stereocenters. The third-order valence-corrected chi connectivity index (χ3v) is 4.38. The molecule has 0 spiro atoms. The summed E-state index contributed by atoms with van der Waals surface area (Å²) in [4.78, 5) is 26.6. The minimum absolute atomic E-state index is 0.128. The quantitative estimate of drug-likeness (QED) is 0.794. The van der Waals surface area contributed by atoms with Gasteiger partial charge in [-0.25, -0.2) is 4.79 Å². The van der Waals surface area contributed by atoms with Crippen molar-refractivity contribution in [1.82, 2.24) is 4.90 Å². The second kappa shape index (κ2) is 5.84. The molecule has 1 aliphatic heterocycles. The van der Waals surface area contributed by atoms with Gasteiger partial charge in [0.05, 0.1) is 6.04 Å². The highest BCUT2D eigenvalue weighted by Crippen LogP contribution is 2.41. The molecule has 1 aliphatic carbocycles. The van der Waals surface area contributed by atoms with Crippen molar-refractivity contribution in [2.75, 3.05) is 6.54 Å². The number of hydrogen-bond acceptors (Lipinski definition) is 3. The van der Waals surface area contributed by atoms with E-state index in [1.165, 1.54) is 0 Å². The fraction of sp³-hybridized carbons (Fsp3) is 0.474. The van der Waals surface area contributed by atoms with Crippen LogP contribution in [0.5, 0.6) is 0 Å². The van der Waals surface area contributed by atoms with E-state index in [1.807, 2.05) is 45.0 Å². The van der Waals surface area contributed by atoms with E-state index in [2.05, 4.69) is 12.1 Å². The van der Waals surface area contributed by atoms with E-state index in [4.69, 9.17) is 4.74 Å². The summed E-state index contributed by atoms with van der Waals surface area (Å²) in [6.45, 7) is 6.01. The first-order valence-electron chi connectivity index (χ1n) is 8.14. The number of fused-ring (bicyclic) bond motifs is 1. The summed E-state index contributed by atoms with van der Waals surface area (Å²) in [7, 11) is 0. The van der Waals surface area contributed by atoms with Crippen LogP contribution in [-0.4, -0.2) is 35.0 Å². The predicted octanol–water partition coefficient (Wildman–Crippen LogP) is 3.68. The molecule has 0 aromatic heterocycles. The Kier molecular flexibility index (Phi) is 4.00. The number of benzene rings is 1. The van der Waals surface area contributed by atoms with E-state index in [9.17, 15) is 9.59 Å². The lowest BCUT2D eigenvalue weighted by atomic mass is 9.86. The summed E-state index contributed by atoms with van der Waals surface area (Å²) in [6, 6.07) is 9.89. The van der Waals surface area contributed by atoms with Gasteiger partial charge in [0.2, 0.25) is 0 Å². The van der Waals surface area contributed by atoms with Crippen molar-refractivity contribution in [3.8, 4) is 0 Å². The third-order valence-electron chi connectivity index (χ3n) is 4.38. The highest BCUT2D eigenvalue weighted by Gasteiger charge is 2.44. The van der Waals surface area contributed by atoms with E-state index in [-0.39, 0.29) is 23.8 Å². The van der Waals surface area contributed by atoms with E-state index in [1.54, 1.807) is 4.90 Å². The first-order valence-corrected chi connectivity index (χ1v) is 8.14. The van der Waals surface area contributed by atoms with Crippen molar-refractivity contribution in [2.24, 2.45) is 0 Å². The number of rotatable bonds is 1. The lowest BCUT2D eigenvalue weighted by Gasteiger charge is -2.38. The Morgan fingerprint density at radius 2 is 1.91 bits per heavy atom. The molecule has 23 heavy (non-hydrogen) atoms. The van der Waals surface area contributed by atoms with Gasteiger partial charge in [0.1, 0.15) is 5.60 Å². The lowest BCUT2D eigenvalue weighted by molar-refractivity contribution is -0.118. The molecule has 1 fully saturated rings. The normalized spacial score (nSPS) is 24.2. The Morgan fingerprint density at radius 1 is 1.22 bits per heavy atom. The maximum atomic E-state index is 12.6. The van der Waals surface area contributed by atoms with Crippen molar-refractivity contribution < 1.29 is 14.3 Å². The Labute approximate surface area is 137 Å². The number of hydrogen-bond donors (Lipinski definition) is 0.